The van der Waals surface area contributed by atoms with Gasteiger partial charge in [0.15, 0.2) is 0 Å². The summed E-state index contributed by atoms with van der Waals surface area (Å²) in [5.74, 6) is 0. The lowest BCUT2D eigenvalue weighted by Crippen LogP contribution is -2.35. The first-order valence-corrected chi connectivity index (χ1v) is 11.4. The first-order chi connectivity index (χ1) is 12.5. The SMILES string of the molecule is CCCCCCCCCCCCO[C@H]1CO[C@H]2[C@@H]1OC[C@H]2OS(=O)(=O)O. The minimum absolute atomic E-state index is 0.0766. The van der Waals surface area contributed by atoms with Crippen LogP contribution in [0, 0.1) is 0 Å². The van der Waals surface area contributed by atoms with Gasteiger partial charge in [-0.05, 0) is 6.42 Å². The molecule has 0 unspecified atom stereocenters. The van der Waals surface area contributed by atoms with Gasteiger partial charge in [-0.25, -0.2) is 4.18 Å². The lowest BCUT2D eigenvalue weighted by atomic mass is 10.1. The minimum Gasteiger partial charge on any atom is -0.373 e. The van der Waals surface area contributed by atoms with Crippen molar-refractivity contribution in [2.45, 2.75) is 95.5 Å². The van der Waals surface area contributed by atoms with E-state index >= 15 is 0 Å². The average Bonchev–Trinajstić information content (AvgIpc) is 3.15. The van der Waals surface area contributed by atoms with Crippen molar-refractivity contribution in [3.05, 3.63) is 0 Å². The second kappa shape index (κ2) is 11.6. The average molecular weight is 395 g/mol. The smallest absolute Gasteiger partial charge is 0.373 e. The molecule has 2 fully saturated rings. The van der Waals surface area contributed by atoms with Crippen molar-refractivity contribution >= 4 is 10.4 Å². The van der Waals surface area contributed by atoms with Crippen molar-refractivity contribution in [1.29, 1.82) is 0 Å². The topological polar surface area (TPSA) is 91.3 Å². The molecule has 2 heterocycles. The number of ether oxygens (including phenoxy) is 3. The first-order valence-electron chi connectivity index (χ1n) is 10.0. The number of hydrogen-bond donors (Lipinski definition) is 1. The molecule has 1 N–H and O–H groups in total. The minimum atomic E-state index is -4.50. The lowest BCUT2D eigenvalue weighted by Gasteiger charge is -2.16. The maximum atomic E-state index is 10.8. The highest BCUT2D eigenvalue weighted by Crippen LogP contribution is 2.31. The summed E-state index contributed by atoms with van der Waals surface area (Å²) in [5, 5.41) is 0. The van der Waals surface area contributed by atoms with Crippen LogP contribution in [0.2, 0.25) is 0 Å². The van der Waals surface area contributed by atoms with Crippen LogP contribution in [0.4, 0.5) is 0 Å². The molecule has 8 heteroatoms. The maximum Gasteiger partial charge on any atom is 0.397 e. The molecule has 26 heavy (non-hydrogen) atoms. The van der Waals surface area contributed by atoms with Crippen molar-refractivity contribution in [1.82, 2.24) is 0 Å². The summed E-state index contributed by atoms with van der Waals surface area (Å²) < 4.78 is 52.0. The van der Waals surface area contributed by atoms with Crippen molar-refractivity contribution in [3.8, 4) is 0 Å². The van der Waals surface area contributed by atoms with Crippen LogP contribution >= 0.6 is 0 Å². The van der Waals surface area contributed by atoms with Crippen LogP contribution in [-0.4, -0.2) is 57.2 Å². The van der Waals surface area contributed by atoms with Crippen LogP contribution in [0.1, 0.15) is 71.1 Å². The Balaban J connectivity index is 1.48. The van der Waals surface area contributed by atoms with Gasteiger partial charge in [0.25, 0.3) is 0 Å². The fraction of sp³-hybridized carbons (Fsp3) is 1.00. The Bertz CT molecular complexity index is 482. The van der Waals surface area contributed by atoms with Crippen LogP contribution in [-0.2, 0) is 28.8 Å². The summed E-state index contributed by atoms with van der Waals surface area (Å²) in [6, 6.07) is 0. The highest BCUT2D eigenvalue weighted by Gasteiger charge is 2.50. The van der Waals surface area contributed by atoms with E-state index < -0.39 is 22.6 Å². The zero-order valence-corrected chi connectivity index (χ0v) is 16.6. The van der Waals surface area contributed by atoms with Crippen LogP contribution < -0.4 is 0 Å². The van der Waals surface area contributed by atoms with Crippen LogP contribution in [0.3, 0.4) is 0 Å². The van der Waals surface area contributed by atoms with Crippen molar-refractivity contribution in [2.24, 2.45) is 0 Å². The number of unbranched alkanes of at least 4 members (excludes halogenated alkanes) is 9. The molecule has 0 aromatic heterocycles. The highest BCUT2D eigenvalue weighted by molar-refractivity contribution is 7.80. The van der Waals surface area contributed by atoms with E-state index in [1.54, 1.807) is 0 Å². The Kier molecular flexibility index (Phi) is 9.80. The molecule has 4 atom stereocenters. The van der Waals surface area contributed by atoms with E-state index in [-0.39, 0.29) is 18.8 Å². The number of rotatable bonds is 14. The molecule has 2 aliphatic heterocycles. The number of hydrogen-bond acceptors (Lipinski definition) is 6. The molecular weight excluding hydrogens is 360 g/mol. The quantitative estimate of drug-likeness (QED) is 0.357. The summed E-state index contributed by atoms with van der Waals surface area (Å²) in [5.41, 5.74) is 0. The summed E-state index contributed by atoms with van der Waals surface area (Å²) in [6.45, 7) is 3.33. The van der Waals surface area contributed by atoms with Crippen molar-refractivity contribution in [3.63, 3.8) is 0 Å². The highest BCUT2D eigenvalue weighted by atomic mass is 32.3. The van der Waals surface area contributed by atoms with E-state index in [1.165, 1.54) is 51.4 Å². The van der Waals surface area contributed by atoms with Crippen LogP contribution in [0.15, 0.2) is 0 Å². The van der Waals surface area contributed by atoms with E-state index in [2.05, 4.69) is 11.1 Å². The summed E-state index contributed by atoms with van der Waals surface area (Å²) in [4.78, 5) is 0. The summed E-state index contributed by atoms with van der Waals surface area (Å²) in [7, 11) is -4.50. The van der Waals surface area contributed by atoms with Crippen LogP contribution in [0.5, 0.6) is 0 Å². The number of fused-ring (bicyclic) bond motifs is 1. The van der Waals surface area contributed by atoms with Gasteiger partial charge in [-0.3, -0.25) is 4.55 Å². The van der Waals surface area contributed by atoms with Gasteiger partial charge in [-0.15, -0.1) is 0 Å². The molecule has 0 amide bonds. The Hall–Kier alpha value is -0.250. The molecule has 0 aromatic rings. The molecule has 2 rings (SSSR count). The van der Waals surface area contributed by atoms with Gasteiger partial charge < -0.3 is 14.2 Å². The third-order valence-electron chi connectivity index (χ3n) is 5.04. The van der Waals surface area contributed by atoms with Crippen LogP contribution in [0.25, 0.3) is 0 Å². The molecule has 2 aliphatic rings. The Morgan fingerprint density at radius 2 is 1.35 bits per heavy atom. The second-order valence-electron chi connectivity index (χ2n) is 7.25. The van der Waals surface area contributed by atoms with Crippen molar-refractivity contribution < 1.29 is 31.4 Å². The van der Waals surface area contributed by atoms with E-state index in [0.29, 0.717) is 13.2 Å². The molecule has 0 spiro atoms. The zero-order chi connectivity index (χ0) is 18.8. The van der Waals surface area contributed by atoms with E-state index in [4.69, 9.17) is 18.8 Å². The molecule has 0 saturated carbocycles. The van der Waals surface area contributed by atoms with E-state index in [0.717, 1.165) is 12.8 Å². The molecule has 0 bridgehead atoms. The summed E-state index contributed by atoms with van der Waals surface area (Å²) >= 11 is 0. The Morgan fingerprint density at radius 1 is 0.846 bits per heavy atom. The zero-order valence-electron chi connectivity index (χ0n) is 15.8. The van der Waals surface area contributed by atoms with Gasteiger partial charge in [0, 0.05) is 6.61 Å². The molecule has 0 radical (unpaired) electrons. The molecule has 2 saturated heterocycles. The van der Waals surface area contributed by atoms with Gasteiger partial charge in [-0.1, -0.05) is 64.7 Å². The fourth-order valence-corrected chi connectivity index (χ4v) is 4.11. The normalized spacial score (nSPS) is 28.5. The largest absolute Gasteiger partial charge is 0.397 e. The van der Waals surface area contributed by atoms with E-state index in [9.17, 15) is 8.42 Å². The molecule has 154 valence electrons. The predicted octanol–water partition coefficient (Wildman–Crippen LogP) is 3.28. The van der Waals surface area contributed by atoms with Gasteiger partial charge in [0.05, 0.1) is 13.2 Å². The molecule has 7 nitrogen and oxygen atoms in total. The van der Waals surface area contributed by atoms with Gasteiger partial charge >= 0.3 is 10.4 Å². The third-order valence-corrected chi connectivity index (χ3v) is 5.53. The lowest BCUT2D eigenvalue weighted by molar-refractivity contribution is -0.0364. The van der Waals surface area contributed by atoms with Gasteiger partial charge in [0.1, 0.15) is 24.4 Å². The standard InChI is InChI=1S/C18H34O7S/c1-2-3-4-5-6-7-8-9-10-11-12-22-15-13-23-18-16(14-24-17(15)18)25-26(19,20)21/h15-18H,2-14H2,1H3,(H,19,20,21)/t15-,16+,17+,18+/m0/s1. The Labute approximate surface area is 157 Å². The van der Waals surface area contributed by atoms with Gasteiger partial charge in [0.2, 0.25) is 0 Å². The third kappa shape index (κ3) is 7.78. The second-order valence-corrected chi connectivity index (χ2v) is 8.30. The van der Waals surface area contributed by atoms with Gasteiger partial charge in [-0.2, -0.15) is 8.42 Å². The van der Waals surface area contributed by atoms with E-state index in [1.807, 2.05) is 0 Å². The first kappa shape index (κ1) is 22.0. The molecule has 0 aromatic carbocycles. The monoisotopic (exact) mass is 394 g/mol. The molecular formula is C18H34O7S. The Morgan fingerprint density at radius 3 is 1.92 bits per heavy atom. The fourth-order valence-electron chi connectivity index (χ4n) is 3.63. The maximum absolute atomic E-state index is 10.8. The summed E-state index contributed by atoms with van der Waals surface area (Å²) in [6.07, 6.45) is 10.9. The molecule has 0 aliphatic carbocycles. The van der Waals surface area contributed by atoms with Crippen molar-refractivity contribution in [2.75, 3.05) is 19.8 Å². The predicted molar refractivity (Wildman–Crippen MR) is 97.5 cm³/mol.